The third-order valence-corrected chi connectivity index (χ3v) is 3.90. The van der Waals surface area contributed by atoms with Crippen LogP contribution in [0, 0.1) is 22.9 Å². The van der Waals surface area contributed by atoms with E-state index in [4.69, 9.17) is 0 Å². The number of nitrogens with one attached hydrogen (secondary N) is 1. The first-order chi connectivity index (χ1) is 9.24. The van der Waals surface area contributed by atoms with E-state index < -0.39 is 17.5 Å². The average molecular weight is 302 g/mol. The molecule has 0 saturated heterocycles. The molecule has 110 valence electrons. The highest BCUT2D eigenvalue weighted by Crippen LogP contribution is 2.32. The Balaban J connectivity index is 1.99. The fourth-order valence-corrected chi connectivity index (χ4v) is 3.40. The zero-order chi connectivity index (χ0) is 14.9. The smallest absolute Gasteiger partial charge is 0.194 e. The second-order valence-electron chi connectivity index (χ2n) is 6.03. The Labute approximate surface area is 120 Å². The molecule has 0 amide bonds. The molecule has 1 aliphatic rings. The van der Waals surface area contributed by atoms with Crippen molar-refractivity contribution in [1.29, 1.82) is 0 Å². The second-order valence-corrected chi connectivity index (χ2v) is 7.32. The van der Waals surface area contributed by atoms with Crippen molar-refractivity contribution < 1.29 is 13.2 Å². The second kappa shape index (κ2) is 5.68. The fraction of sp³-hybridized carbons (Fsp3) is 0.500. The lowest BCUT2D eigenvalue weighted by Gasteiger charge is -2.21. The van der Waals surface area contributed by atoms with Gasteiger partial charge in [-0.15, -0.1) is 0 Å². The predicted molar refractivity (Wildman–Crippen MR) is 77.7 cm³/mol. The molecular formula is C14H17F3N2S. The standard InChI is InChI=1S/C14H17F3N2S/c1-14(2,3)6-9-7-18-13(20-9)19-8-4-10(15)12(17)11(16)5-8/h4-5,9H,6-7H2,1-3H3,(H,18,19). The van der Waals surface area contributed by atoms with E-state index in [2.05, 4.69) is 31.1 Å². The van der Waals surface area contributed by atoms with E-state index in [9.17, 15) is 13.2 Å². The molecule has 6 heteroatoms. The summed E-state index contributed by atoms with van der Waals surface area (Å²) in [5.41, 5.74) is 0.376. The van der Waals surface area contributed by atoms with Gasteiger partial charge >= 0.3 is 0 Å². The number of nitrogens with zero attached hydrogens (tertiary/aromatic N) is 1. The molecule has 0 saturated carbocycles. The minimum Gasteiger partial charge on any atom is -0.335 e. The highest BCUT2D eigenvalue weighted by atomic mass is 32.2. The van der Waals surface area contributed by atoms with E-state index >= 15 is 0 Å². The molecular weight excluding hydrogens is 285 g/mol. The van der Waals surface area contributed by atoms with Gasteiger partial charge in [-0.25, -0.2) is 13.2 Å². The molecule has 20 heavy (non-hydrogen) atoms. The lowest BCUT2D eigenvalue weighted by Crippen LogP contribution is -2.16. The van der Waals surface area contributed by atoms with Crippen LogP contribution in [-0.2, 0) is 0 Å². The summed E-state index contributed by atoms with van der Waals surface area (Å²) in [6.07, 6.45) is 0.998. The van der Waals surface area contributed by atoms with Gasteiger partial charge in [0, 0.05) is 23.1 Å². The average Bonchev–Trinajstić information content (AvgIpc) is 2.70. The molecule has 0 radical (unpaired) electrons. The van der Waals surface area contributed by atoms with Crippen LogP contribution in [0.3, 0.4) is 0 Å². The van der Waals surface area contributed by atoms with E-state index in [1.165, 1.54) is 0 Å². The Morgan fingerprint density at radius 1 is 1.25 bits per heavy atom. The van der Waals surface area contributed by atoms with Gasteiger partial charge in [-0.05, 0) is 11.8 Å². The van der Waals surface area contributed by atoms with Gasteiger partial charge in [0.15, 0.2) is 22.6 Å². The van der Waals surface area contributed by atoms with Crippen molar-refractivity contribution in [1.82, 2.24) is 0 Å². The Bertz CT molecular complexity index is 515. The Morgan fingerprint density at radius 3 is 2.40 bits per heavy atom. The van der Waals surface area contributed by atoms with Crippen molar-refractivity contribution in [2.24, 2.45) is 10.4 Å². The molecule has 1 aliphatic heterocycles. The maximum atomic E-state index is 13.1. The summed E-state index contributed by atoms with van der Waals surface area (Å²) in [7, 11) is 0. The summed E-state index contributed by atoms with van der Waals surface area (Å²) in [6.45, 7) is 7.15. The molecule has 0 bridgehead atoms. The minimum absolute atomic E-state index is 0.170. The molecule has 2 nitrogen and oxygen atoms in total. The predicted octanol–water partition coefficient (Wildman–Crippen LogP) is 4.42. The van der Waals surface area contributed by atoms with E-state index in [1.54, 1.807) is 11.8 Å². The SMILES string of the molecule is CC(C)(C)CC1CN=C(Nc2cc(F)c(F)c(F)c2)S1. The zero-order valence-electron chi connectivity index (χ0n) is 11.6. The quantitative estimate of drug-likeness (QED) is 0.818. The highest BCUT2D eigenvalue weighted by molar-refractivity contribution is 8.15. The summed E-state index contributed by atoms with van der Waals surface area (Å²) in [5, 5.41) is 3.80. The lowest BCUT2D eigenvalue weighted by molar-refractivity contribution is 0.375. The molecule has 1 unspecified atom stereocenters. The summed E-state index contributed by atoms with van der Waals surface area (Å²) in [5.74, 6) is -3.87. The first-order valence-corrected chi connectivity index (χ1v) is 7.25. The molecule has 1 heterocycles. The van der Waals surface area contributed by atoms with E-state index in [1.807, 2.05) is 0 Å². The maximum absolute atomic E-state index is 13.1. The normalized spacial score (nSPS) is 19.1. The number of benzene rings is 1. The van der Waals surface area contributed by atoms with Crippen LogP contribution in [0.5, 0.6) is 0 Å². The van der Waals surface area contributed by atoms with Crippen LogP contribution in [0.2, 0.25) is 0 Å². The van der Waals surface area contributed by atoms with Crippen molar-refractivity contribution in [3.8, 4) is 0 Å². The number of thioether (sulfide) groups is 1. The van der Waals surface area contributed by atoms with Crippen molar-refractivity contribution in [2.75, 3.05) is 11.9 Å². The van der Waals surface area contributed by atoms with Crippen molar-refractivity contribution in [3.63, 3.8) is 0 Å². The first-order valence-electron chi connectivity index (χ1n) is 6.37. The molecule has 0 aliphatic carbocycles. The molecule has 1 aromatic rings. The van der Waals surface area contributed by atoms with Gasteiger partial charge in [-0.3, -0.25) is 4.99 Å². The molecule has 2 rings (SSSR count). The number of rotatable bonds is 2. The van der Waals surface area contributed by atoms with Gasteiger partial charge in [0.25, 0.3) is 0 Å². The van der Waals surface area contributed by atoms with Crippen LogP contribution in [0.15, 0.2) is 17.1 Å². The van der Waals surface area contributed by atoms with Crippen molar-refractivity contribution in [2.45, 2.75) is 32.4 Å². The number of amidine groups is 1. The van der Waals surface area contributed by atoms with Gasteiger partial charge in [0.05, 0.1) is 6.54 Å². The van der Waals surface area contributed by atoms with Crippen LogP contribution in [0.1, 0.15) is 27.2 Å². The zero-order valence-corrected chi connectivity index (χ0v) is 12.5. The Hall–Kier alpha value is -1.17. The van der Waals surface area contributed by atoms with Crippen LogP contribution >= 0.6 is 11.8 Å². The summed E-state index contributed by atoms with van der Waals surface area (Å²) in [4.78, 5) is 4.31. The monoisotopic (exact) mass is 302 g/mol. The topological polar surface area (TPSA) is 24.4 Å². The molecule has 1 aromatic carbocycles. The third-order valence-electron chi connectivity index (χ3n) is 2.79. The van der Waals surface area contributed by atoms with E-state index in [-0.39, 0.29) is 11.1 Å². The van der Waals surface area contributed by atoms with Crippen LogP contribution in [0.25, 0.3) is 0 Å². The lowest BCUT2D eigenvalue weighted by atomic mass is 9.90. The number of aliphatic imine (C=N–C) groups is 1. The van der Waals surface area contributed by atoms with Crippen LogP contribution in [-0.4, -0.2) is 17.0 Å². The van der Waals surface area contributed by atoms with Gasteiger partial charge in [-0.2, -0.15) is 0 Å². The minimum atomic E-state index is -1.46. The molecule has 0 aromatic heterocycles. The highest BCUT2D eigenvalue weighted by Gasteiger charge is 2.25. The fourth-order valence-electron chi connectivity index (χ4n) is 2.03. The van der Waals surface area contributed by atoms with Gasteiger partial charge in [0.2, 0.25) is 0 Å². The van der Waals surface area contributed by atoms with Crippen molar-refractivity contribution >= 4 is 22.6 Å². The number of hydrogen-bond acceptors (Lipinski definition) is 3. The molecule has 0 spiro atoms. The van der Waals surface area contributed by atoms with Crippen molar-refractivity contribution in [3.05, 3.63) is 29.6 Å². The van der Waals surface area contributed by atoms with Crippen LogP contribution in [0.4, 0.5) is 18.9 Å². The summed E-state index contributed by atoms with van der Waals surface area (Å²) >= 11 is 1.55. The third kappa shape index (κ3) is 3.91. The van der Waals surface area contributed by atoms with Gasteiger partial charge in [0.1, 0.15) is 0 Å². The first kappa shape index (κ1) is 15.2. The number of hydrogen-bond donors (Lipinski definition) is 1. The summed E-state index contributed by atoms with van der Waals surface area (Å²) < 4.78 is 39.1. The van der Waals surface area contributed by atoms with E-state index in [0.29, 0.717) is 17.0 Å². The molecule has 1 atom stereocenters. The summed E-state index contributed by atoms with van der Waals surface area (Å²) in [6, 6.07) is 1.86. The number of halogens is 3. The van der Waals surface area contributed by atoms with E-state index in [0.717, 1.165) is 18.6 Å². The Morgan fingerprint density at radius 2 is 1.85 bits per heavy atom. The van der Waals surface area contributed by atoms with Crippen LogP contribution < -0.4 is 5.32 Å². The largest absolute Gasteiger partial charge is 0.335 e. The molecule has 1 N–H and O–H groups in total. The number of anilines is 1. The van der Waals surface area contributed by atoms with Gasteiger partial charge < -0.3 is 5.32 Å². The Kier molecular flexibility index (Phi) is 4.32. The van der Waals surface area contributed by atoms with Gasteiger partial charge in [-0.1, -0.05) is 32.5 Å². The maximum Gasteiger partial charge on any atom is 0.194 e. The molecule has 0 fully saturated rings.